The monoisotopic (exact) mass is 342 g/mol. The Bertz CT molecular complexity index is 536. The summed E-state index contributed by atoms with van der Waals surface area (Å²) >= 11 is 11.0. The first-order valence-electron chi connectivity index (χ1n) is 7.00. The smallest absolute Gasteiger partial charge is 0.187 e. The zero-order valence-corrected chi connectivity index (χ0v) is 13.7. The quantitative estimate of drug-likeness (QED) is 0.424. The lowest BCUT2D eigenvalue weighted by Gasteiger charge is -2.26. The SMILES string of the molecule is Oc1ccc(Cl)cc1/C=N/NC(=S)NCCN1CCOCC1. The van der Waals surface area contributed by atoms with Gasteiger partial charge in [0.2, 0.25) is 0 Å². The molecule has 1 fully saturated rings. The maximum atomic E-state index is 9.64. The Hall–Kier alpha value is -1.41. The average molecular weight is 343 g/mol. The Morgan fingerprint density at radius 3 is 3.00 bits per heavy atom. The van der Waals surface area contributed by atoms with Gasteiger partial charge in [-0.3, -0.25) is 10.3 Å². The third-order valence-corrected chi connectivity index (χ3v) is 3.65. The molecule has 0 aliphatic carbocycles. The van der Waals surface area contributed by atoms with Gasteiger partial charge in [0.1, 0.15) is 5.75 Å². The van der Waals surface area contributed by atoms with E-state index in [-0.39, 0.29) is 5.75 Å². The van der Waals surface area contributed by atoms with E-state index in [0.717, 1.165) is 39.4 Å². The number of nitrogens with one attached hydrogen (secondary N) is 2. The number of hydrazone groups is 1. The van der Waals surface area contributed by atoms with E-state index in [1.54, 1.807) is 12.1 Å². The van der Waals surface area contributed by atoms with E-state index in [1.165, 1.54) is 12.3 Å². The van der Waals surface area contributed by atoms with Gasteiger partial charge in [0.25, 0.3) is 0 Å². The number of phenolic OH excluding ortho intramolecular Hbond substituents is 1. The van der Waals surface area contributed by atoms with Crippen LogP contribution in [0.3, 0.4) is 0 Å². The summed E-state index contributed by atoms with van der Waals surface area (Å²) in [6.45, 7) is 5.13. The molecule has 1 aliphatic heterocycles. The topological polar surface area (TPSA) is 69.1 Å². The minimum atomic E-state index is 0.112. The second-order valence-corrected chi connectivity index (χ2v) is 5.63. The van der Waals surface area contributed by atoms with Crippen LogP contribution >= 0.6 is 23.8 Å². The number of benzene rings is 1. The van der Waals surface area contributed by atoms with Crippen LogP contribution in [0, 0.1) is 0 Å². The van der Waals surface area contributed by atoms with Crippen LogP contribution in [-0.2, 0) is 4.74 Å². The van der Waals surface area contributed by atoms with Crippen molar-refractivity contribution in [2.24, 2.45) is 5.10 Å². The first-order valence-corrected chi connectivity index (χ1v) is 7.79. The van der Waals surface area contributed by atoms with Crippen LogP contribution in [0.4, 0.5) is 0 Å². The van der Waals surface area contributed by atoms with Crippen LogP contribution in [0.2, 0.25) is 5.02 Å². The first-order chi connectivity index (χ1) is 10.6. The highest BCUT2D eigenvalue weighted by Crippen LogP contribution is 2.19. The molecule has 22 heavy (non-hydrogen) atoms. The van der Waals surface area contributed by atoms with Crippen molar-refractivity contribution in [3.63, 3.8) is 0 Å². The van der Waals surface area contributed by atoms with Crippen LogP contribution in [0.1, 0.15) is 5.56 Å². The van der Waals surface area contributed by atoms with Gasteiger partial charge in [-0.15, -0.1) is 0 Å². The van der Waals surface area contributed by atoms with Crippen LogP contribution < -0.4 is 10.7 Å². The molecule has 1 aromatic rings. The minimum Gasteiger partial charge on any atom is -0.507 e. The maximum Gasteiger partial charge on any atom is 0.187 e. The molecule has 0 radical (unpaired) electrons. The van der Waals surface area contributed by atoms with Gasteiger partial charge in [-0.05, 0) is 30.4 Å². The predicted molar refractivity (Wildman–Crippen MR) is 91.7 cm³/mol. The second-order valence-electron chi connectivity index (χ2n) is 4.78. The van der Waals surface area contributed by atoms with Gasteiger partial charge in [-0.2, -0.15) is 5.10 Å². The van der Waals surface area contributed by atoms with Gasteiger partial charge < -0.3 is 15.2 Å². The lowest BCUT2D eigenvalue weighted by atomic mass is 10.2. The van der Waals surface area contributed by atoms with Crippen LogP contribution in [0.5, 0.6) is 5.75 Å². The molecule has 120 valence electrons. The number of aromatic hydroxyl groups is 1. The predicted octanol–water partition coefficient (Wildman–Crippen LogP) is 1.18. The average Bonchev–Trinajstić information content (AvgIpc) is 2.52. The number of thiocarbonyl (C=S) groups is 1. The van der Waals surface area contributed by atoms with Crippen molar-refractivity contribution in [3.05, 3.63) is 28.8 Å². The number of rotatable bonds is 5. The minimum absolute atomic E-state index is 0.112. The van der Waals surface area contributed by atoms with Crippen molar-refractivity contribution in [2.75, 3.05) is 39.4 Å². The molecule has 8 heteroatoms. The molecule has 0 saturated carbocycles. The summed E-state index contributed by atoms with van der Waals surface area (Å²) in [5.74, 6) is 0.112. The molecule has 2 rings (SSSR count). The van der Waals surface area contributed by atoms with Crippen LogP contribution in [0.15, 0.2) is 23.3 Å². The number of nitrogens with zero attached hydrogens (tertiary/aromatic N) is 2. The number of phenols is 1. The summed E-state index contributed by atoms with van der Waals surface area (Å²) < 4.78 is 5.29. The number of ether oxygens (including phenoxy) is 1. The molecule has 0 aromatic heterocycles. The number of morpholine rings is 1. The molecule has 0 spiro atoms. The molecule has 1 heterocycles. The van der Waals surface area contributed by atoms with Crippen molar-refractivity contribution in [1.29, 1.82) is 0 Å². The summed E-state index contributed by atoms with van der Waals surface area (Å²) in [5, 5.41) is 17.7. The van der Waals surface area contributed by atoms with Gasteiger partial charge in [-0.1, -0.05) is 11.6 Å². The largest absolute Gasteiger partial charge is 0.507 e. The number of hydrogen-bond acceptors (Lipinski definition) is 5. The van der Waals surface area contributed by atoms with E-state index < -0.39 is 0 Å². The zero-order valence-electron chi connectivity index (χ0n) is 12.1. The van der Waals surface area contributed by atoms with E-state index >= 15 is 0 Å². The Balaban J connectivity index is 1.68. The standard InChI is InChI=1S/C14H19ClN4O2S/c15-12-1-2-13(20)11(9-12)10-17-18-14(22)16-3-4-19-5-7-21-8-6-19/h1-2,9-10,20H,3-8H2,(H2,16,18,22)/b17-10+. The van der Waals surface area contributed by atoms with Gasteiger partial charge >= 0.3 is 0 Å². The number of hydrogen-bond donors (Lipinski definition) is 3. The van der Waals surface area contributed by atoms with Crippen LogP contribution in [-0.4, -0.2) is 60.7 Å². The third kappa shape index (κ3) is 5.76. The normalized spacial score (nSPS) is 15.9. The summed E-state index contributed by atoms with van der Waals surface area (Å²) in [7, 11) is 0. The molecule has 6 nitrogen and oxygen atoms in total. The molecular formula is C14H19ClN4O2S. The molecule has 1 saturated heterocycles. The Kier molecular flexibility index (Phi) is 6.85. The molecule has 0 atom stereocenters. The fourth-order valence-electron chi connectivity index (χ4n) is 1.98. The summed E-state index contributed by atoms with van der Waals surface area (Å²) in [5.41, 5.74) is 3.23. The molecular weight excluding hydrogens is 324 g/mol. The fraction of sp³-hybridized carbons (Fsp3) is 0.429. The lowest BCUT2D eigenvalue weighted by molar-refractivity contribution is 0.0389. The fourth-order valence-corrected chi connectivity index (χ4v) is 2.32. The Morgan fingerprint density at radius 2 is 2.23 bits per heavy atom. The van der Waals surface area contributed by atoms with Gasteiger partial charge in [0.05, 0.1) is 19.4 Å². The van der Waals surface area contributed by atoms with Gasteiger partial charge in [0, 0.05) is 36.8 Å². The highest BCUT2D eigenvalue weighted by molar-refractivity contribution is 7.80. The van der Waals surface area contributed by atoms with Crippen molar-refractivity contribution in [1.82, 2.24) is 15.6 Å². The molecule has 0 unspecified atom stereocenters. The summed E-state index contributed by atoms with van der Waals surface area (Å²) in [4.78, 5) is 2.31. The van der Waals surface area contributed by atoms with Gasteiger partial charge in [-0.25, -0.2) is 0 Å². The van der Waals surface area contributed by atoms with Crippen LogP contribution in [0.25, 0.3) is 0 Å². The molecule has 1 aliphatic rings. The maximum absolute atomic E-state index is 9.64. The summed E-state index contributed by atoms with van der Waals surface area (Å²) in [6.07, 6.45) is 1.47. The highest BCUT2D eigenvalue weighted by atomic mass is 35.5. The third-order valence-electron chi connectivity index (χ3n) is 3.18. The molecule has 0 amide bonds. The Labute approximate surface area is 140 Å². The van der Waals surface area contributed by atoms with E-state index in [4.69, 9.17) is 28.6 Å². The van der Waals surface area contributed by atoms with E-state index in [2.05, 4.69) is 20.7 Å². The first kappa shape index (κ1) is 17.0. The Morgan fingerprint density at radius 1 is 1.45 bits per heavy atom. The second kappa shape index (κ2) is 8.89. The van der Waals surface area contributed by atoms with Crippen molar-refractivity contribution in [3.8, 4) is 5.75 Å². The molecule has 3 N–H and O–H groups in total. The highest BCUT2D eigenvalue weighted by Gasteiger charge is 2.09. The van der Waals surface area contributed by atoms with E-state index in [1.807, 2.05) is 0 Å². The summed E-state index contributed by atoms with van der Waals surface area (Å²) in [6, 6.07) is 4.75. The van der Waals surface area contributed by atoms with E-state index in [0.29, 0.717) is 15.7 Å². The molecule has 1 aromatic carbocycles. The van der Waals surface area contributed by atoms with Gasteiger partial charge in [0.15, 0.2) is 5.11 Å². The zero-order chi connectivity index (χ0) is 15.8. The van der Waals surface area contributed by atoms with Crippen molar-refractivity contribution in [2.45, 2.75) is 0 Å². The number of halogens is 1. The molecule has 0 bridgehead atoms. The lowest BCUT2D eigenvalue weighted by Crippen LogP contribution is -2.42. The van der Waals surface area contributed by atoms with Crippen molar-refractivity contribution >= 4 is 35.1 Å². The van der Waals surface area contributed by atoms with Crippen molar-refractivity contribution < 1.29 is 9.84 Å². The van der Waals surface area contributed by atoms with E-state index in [9.17, 15) is 5.11 Å².